The second-order valence-corrected chi connectivity index (χ2v) is 6.27. The minimum atomic E-state index is -0.827. The molecule has 4 aliphatic rings. The number of piperazine rings is 1. The van der Waals surface area contributed by atoms with E-state index in [-0.39, 0.29) is 5.41 Å². The first kappa shape index (κ1) is 12.8. The summed E-state index contributed by atoms with van der Waals surface area (Å²) in [4.78, 5) is 2.46. The molecule has 0 aliphatic carbocycles. The zero-order valence-corrected chi connectivity index (χ0v) is 11.4. The fourth-order valence-corrected chi connectivity index (χ4v) is 3.06. The molecule has 5 nitrogen and oxygen atoms in total. The van der Waals surface area contributed by atoms with Gasteiger partial charge in [-0.25, -0.2) is 0 Å². The molecular formula is C13H24N2O3. The molecule has 0 radical (unpaired) electrons. The summed E-state index contributed by atoms with van der Waals surface area (Å²) in [7, 11) is 0. The summed E-state index contributed by atoms with van der Waals surface area (Å²) in [6.07, 6.45) is 0. The Kier molecular flexibility index (Phi) is 3.36. The van der Waals surface area contributed by atoms with Crippen LogP contribution in [0.4, 0.5) is 0 Å². The topological polar surface area (TPSA) is 43.0 Å². The molecule has 0 saturated carbocycles. The lowest BCUT2D eigenvalue weighted by atomic mass is 9.87. The van der Waals surface area contributed by atoms with E-state index in [1.807, 2.05) is 0 Å². The molecule has 0 spiro atoms. The molecule has 4 aliphatic heterocycles. The Morgan fingerprint density at radius 2 is 1.67 bits per heavy atom. The summed E-state index contributed by atoms with van der Waals surface area (Å²) in [6.45, 7) is 11.9. The van der Waals surface area contributed by atoms with E-state index in [1.54, 1.807) is 0 Å². The van der Waals surface area contributed by atoms with Crippen molar-refractivity contribution in [3.63, 3.8) is 0 Å². The van der Waals surface area contributed by atoms with Gasteiger partial charge in [0.05, 0.1) is 25.2 Å². The van der Waals surface area contributed by atoms with Crippen molar-refractivity contribution < 1.29 is 14.2 Å². The maximum Gasteiger partial charge on any atom is 0.289 e. The van der Waals surface area contributed by atoms with Gasteiger partial charge in [-0.1, -0.05) is 13.8 Å². The predicted molar refractivity (Wildman–Crippen MR) is 67.2 cm³/mol. The summed E-state index contributed by atoms with van der Waals surface area (Å²) < 4.78 is 17.7. The Morgan fingerprint density at radius 1 is 1.11 bits per heavy atom. The predicted octanol–water partition coefficient (Wildman–Crippen LogP) is 0.265. The Morgan fingerprint density at radius 3 is 2.22 bits per heavy atom. The van der Waals surface area contributed by atoms with Crippen LogP contribution in [0.3, 0.4) is 0 Å². The normalized spacial score (nSPS) is 38.0. The summed E-state index contributed by atoms with van der Waals surface area (Å²) >= 11 is 0. The van der Waals surface area contributed by atoms with Gasteiger partial charge in [-0.05, 0) is 0 Å². The Bertz CT molecular complexity index is 281. The molecule has 4 fully saturated rings. The smallest absolute Gasteiger partial charge is 0.289 e. The van der Waals surface area contributed by atoms with Gasteiger partial charge in [0.1, 0.15) is 0 Å². The van der Waals surface area contributed by atoms with Crippen LogP contribution >= 0.6 is 0 Å². The number of hydrogen-bond donors (Lipinski definition) is 1. The first-order valence-corrected chi connectivity index (χ1v) is 6.96. The van der Waals surface area contributed by atoms with Crippen LogP contribution in [0.1, 0.15) is 13.8 Å². The number of nitrogens with one attached hydrogen (secondary N) is 1. The fraction of sp³-hybridized carbons (Fsp3) is 1.00. The third-order valence-electron chi connectivity index (χ3n) is 4.18. The van der Waals surface area contributed by atoms with Crippen LogP contribution in [-0.4, -0.2) is 63.4 Å². The molecule has 1 N–H and O–H groups in total. The van der Waals surface area contributed by atoms with Crippen LogP contribution in [0.15, 0.2) is 0 Å². The van der Waals surface area contributed by atoms with Crippen LogP contribution in [0.25, 0.3) is 0 Å². The van der Waals surface area contributed by atoms with Gasteiger partial charge in [0.15, 0.2) is 0 Å². The van der Waals surface area contributed by atoms with Gasteiger partial charge in [-0.15, -0.1) is 0 Å². The second kappa shape index (κ2) is 4.72. The highest BCUT2D eigenvalue weighted by Crippen LogP contribution is 2.43. The lowest BCUT2D eigenvalue weighted by Gasteiger charge is -2.53. The minimum Gasteiger partial charge on any atom is -0.327 e. The van der Waals surface area contributed by atoms with Crippen molar-refractivity contribution in [1.29, 1.82) is 0 Å². The number of rotatable bonds is 3. The zero-order chi connectivity index (χ0) is 12.6. The lowest BCUT2D eigenvalue weighted by Crippen LogP contribution is -2.64. The van der Waals surface area contributed by atoms with Crippen molar-refractivity contribution in [3.8, 4) is 0 Å². The highest BCUT2D eigenvalue weighted by atomic mass is 16.9. The van der Waals surface area contributed by atoms with Gasteiger partial charge >= 0.3 is 0 Å². The SMILES string of the molecule is CC(C)(CN1CCNCC1)C12OCC(CO1)CO2. The first-order valence-electron chi connectivity index (χ1n) is 6.96. The minimum absolute atomic E-state index is 0.157. The standard InChI is InChI=1S/C13H24N2O3/c1-12(2,10-15-5-3-14-4-6-15)13-16-7-11(8-17-13)9-18-13/h11,14H,3-10H2,1-2H3. The maximum absolute atomic E-state index is 5.88. The second-order valence-electron chi connectivity index (χ2n) is 6.27. The first-order chi connectivity index (χ1) is 8.61. The van der Waals surface area contributed by atoms with Gasteiger partial charge in [-0.2, -0.15) is 0 Å². The van der Waals surface area contributed by atoms with E-state index in [2.05, 4.69) is 24.1 Å². The molecule has 104 valence electrons. The average Bonchev–Trinajstić information content (AvgIpc) is 2.41. The largest absolute Gasteiger partial charge is 0.327 e. The van der Waals surface area contributed by atoms with Crippen molar-refractivity contribution >= 4 is 0 Å². The number of hydrogen-bond acceptors (Lipinski definition) is 5. The molecular weight excluding hydrogens is 232 g/mol. The van der Waals surface area contributed by atoms with Gasteiger partial charge in [-0.3, -0.25) is 4.90 Å². The summed E-state index contributed by atoms with van der Waals surface area (Å²) in [5, 5.41) is 3.38. The molecule has 0 aromatic heterocycles. The summed E-state index contributed by atoms with van der Waals surface area (Å²) in [5.74, 6) is -0.408. The van der Waals surface area contributed by atoms with E-state index in [4.69, 9.17) is 14.2 Å². The molecule has 0 unspecified atom stereocenters. The number of fused-ring (bicyclic) bond motifs is 3. The van der Waals surface area contributed by atoms with E-state index >= 15 is 0 Å². The fourth-order valence-electron chi connectivity index (χ4n) is 3.06. The molecule has 4 heterocycles. The van der Waals surface area contributed by atoms with Crippen molar-refractivity contribution in [1.82, 2.24) is 10.2 Å². The van der Waals surface area contributed by atoms with E-state index in [0.29, 0.717) is 5.92 Å². The molecule has 0 aromatic carbocycles. The molecule has 0 amide bonds. The lowest BCUT2D eigenvalue weighted by molar-refractivity contribution is -0.484. The highest BCUT2D eigenvalue weighted by molar-refractivity contribution is 4.90. The van der Waals surface area contributed by atoms with Gasteiger partial charge in [0, 0.05) is 38.6 Å². The quantitative estimate of drug-likeness (QED) is 0.785. The molecule has 0 atom stereocenters. The van der Waals surface area contributed by atoms with Gasteiger partial charge in [0.25, 0.3) is 5.97 Å². The molecule has 2 bridgehead atoms. The zero-order valence-electron chi connectivity index (χ0n) is 11.4. The van der Waals surface area contributed by atoms with E-state index in [1.165, 1.54) is 0 Å². The summed E-state index contributed by atoms with van der Waals surface area (Å²) in [5.41, 5.74) is -0.157. The van der Waals surface area contributed by atoms with Crippen LogP contribution in [0.5, 0.6) is 0 Å². The molecule has 4 saturated heterocycles. The summed E-state index contributed by atoms with van der Waals surface area (Å²) in [6, 6.07) is 0. The molecule has 5 heteroatoms. The van der Waals surface area contributed by atoms with Crippen LogP contribution < -0.4 is 5.32 Å². The third kappa shape index (κ3) is 2.18. The van der Waals surface area contributed by atoms with Crippen LogP contribution in [-0.2, 0) is 14.2 Å². The van der Waals surface area contributed by atoms with E-state index < -0.39 is 5.97 Å². The Labute approximate surface area is 109 Å². The highest BCUT2D eigenvalue weighted by Gasteiger charge is 2.55. The Balaban J connectivity index is 1.68. The average molecular weight is 256 g/mol. The monoisotopic (exact) mass is 256 g/mol. The van der Waals surface area contributed by atoms with Crippen LogP contribution in [0, 0.1) is 11.3 Å². The number of ether oxygens (including phenoxy) is 3. The van der Waals surface area contributed by atoms with E-state index in [9.17, 15) is 0 Å². The van der Waals surface area contributed by atoms with Crippen molar-refractivity contribution in [2.24, 2.45) is 11.3 Å². The van der Waals surface area contributed by atoms with Crippen molar-refractivity contribution in [2.75, 3.05) is 52.5 Å². The van der Waals surface area contributed by atoms with Crippen molar-refractivity contribution in [2.45, 2.75) is 19.8 Å². The maximum atomic E-state index is 5.88. The molecule has 0 aromatic rings. The van der Waals surface area contributed by atoms with Gasteiger partial charge < -0.3 is 19.5 Å². The van der Waals surface area contributed by atoms with E-state index in [0.717, 1.165) is 52.5 Å². The third-order valence-corrected chi connectivity index (χ3v) is 4.18. The molecule has 18 heavy (non-hydrogen) atoms. The van der Waals surface area contributed by atoms with Gasteiger partial charge in [0.2, 0.25) is 0 Å². The van der Waals surface area contributed by atoms with Crippen LogP contribution in [0.2, 0.25) is 0 Å². The van der Waals surface area contributed by atoms with Crippen molar-refractivity contribution in [3.05, 3.63) is 0 Å². The molecule has 4 rings (SSSR count). The number of nitrogens with zero attached hydrogens (tertiary/aromatic N) is 1. The Hall–Kier alpha value is -0.200.